The highest BCUT2D eigenvalue weighted by molar-refractivity contribution is 6.30. The monoisotopic (exact) mass is 392 g/mol. The van der Waals surface area contributed by atoms with Gasteiger partial charge in [0.25, 0.3) is 0 Å². The van der Waals surface area contributed by atoms with Crippen molar-refractivity contribution < 1.29 is 9.53 Å². The van der Waals surface area contributed by atoms with Gasteiger partial charge in [-0.2, -0.15) is 0 Å². The van der Waals surface area contributed by atoms with E-state index in [4.69, 9.17) is 16.3 Å². The molecule has 5 heteroatoms. The highest BCUT2D eigenvalue weighted by Crippen LogP contribution is 2.33. The van der Waals surface area contributed by atoms with Gasteiger partial charge in [-0.15, -0.1) is 0 Å². The topological polar surface area (TPSA) is 41.6 Å². The van der Waals surface area contributed by atoms with Crippen LogP contribution in [0.1, 0.15) is 17.2 Å². The fourth-order valence-electron chi connectivity index (χ4n) is 3.47. The number of rotatable bonds is 5. The van der Waals surface area contributed by atoms with E-state index in [0.717, 1.165) is 0 Å². The lowest BCUT2D eigenvalue weighted by molar-refractivity contribution is -0.0233. The fourth-order valence-corrected chi connectivity index (χ4v) is 3.60. The summed E-state index contributed by atoms with van der Waals surface area (Å²) in [7, 11) is 0. The van der Waals surface area contributed by atoms with Crippen LogP contribution in [0.5, 0.6) is 0 Å². The highest BCUT2D eigenvalue weighted by atomic mass is 35.5. The second-order valence-corrected chi connectivity index (χ2v) is 7.27. The third-order valence-electron chi connectivity index (χ3n) is 4.84. The number of nitrogens with zero attached hydrogens (tertiary/aromatic N) is 1. The molecule has 4 rings (SSSR count). The molecule has 0 atom stereocenters. The number of anilines is 1. The number of nitrogens with one attached hydrogen (secondary N) is 1. The van der Waals surface area contributed by atoms with Crippen molar-refractivity contribution in [2.24, 2.45) is 0 Å². The van der Waals surface area contributed by atoms with E-state index < -0.39 is 6.09 Å². The molecule has 142 valence electrons. The zero-order valence-electron chi connectivity index (χ0n) is 15.3. The molecule has 0 unspecified atom stereocenters. The van der Waals surface area contributed by atoms with Crippen molar-refractivity contribution in [1.29, 1.82) is 0 Å². The van der Waals surface area contributed by atoms with Crippen molar-refractivity contribution in [2.75, 3.05) is 18.4 Å². The second-order valence-electron chi connectivity index (χ2n) is 6.84. The van der Waals surface area contributed by atoms with Crippen molar-refractivity contribution in [2.45, 2.75) is 12.1 Å². The van der Waals surface area contributed by atoms with Crippen molar-refractivity contribution in [3.63, 3.8) is 0 Å². The molecule has 0 bridgehead atoms. The summed E-state index contributed by atoms with van der Waals surface area (Å²) in [5.74, 6) is 0. The normalized spacial score (nSPS) is 14.5. The number of hydrogen-bond donors (Lipinski definition) is 1. The minimum Gasteiger partial charge on any atom is -0.443 e. The first-order chi connectivity index (χ1) is 13.7. The maximum Gasteiger partial charge on any atom is 0.411 e. The van der Waals surface area contributed by atoms with Crippen LogP contribution in [0.25, 0.3) is 0 Å². The van der Waals surface area contributed by atoms with Crippen molar-refractivity contribution in [3.05, 3.63) is 101 Å². The number of hydrogen-bond acceptors (Lipinski definition) is 3. The van der Waals surface area contributed by atoms with Gasteiger partial charge in [-0.1, -0.05) is 72.3 Å². The van der Waals surface area contributed by atoms with Crippen LogP contribution in [0, 0.1) is 0 Å². The van der Waals surface area contributed by atoms with Crippen LogP contribution >= 0.6 is 11.6 Å². The van der Waals surface area contributed by atoms with Crippen LogP contribution in [0.4, 0.5) is 10.5 Å². The van der Waals surface area contributed by atoms with E-state index in [1.54, 1.807) is 24.3 Å². The quantitative estimate of drug-likeness (QED) is 0.635. The molecule has 1 saturated heterocycles. The Labute approximate surface area is 169 Å². The number of amides is 1. The molecule has 0 radical (unpaired) electrons. The van der Waals surface area contributed by atoms with Gasteiger partial charge in [-0.3, -0.25) is 10.2 Å². The summed E-state index contributed by atoms with van der Waals surface area (Å²) in [5.41, 5.74) is 3.13. The van der Waals surface area contributed by atoms with E-state index in [1.807, 2.05) is 12.1 Å². The van der Waals surface area contributed by atoms with Gasteiger partial charge in [0.15, 0.2) is 0 Å². The number of ether oxygens (including phenoxy) is 1. The van der Waals surface area contributed by atoms with Gasteiger partial charge in [-0.05, 0) is 35.4 Å². The molecular formula is C23H21ClN2O2. The molecule has 1 aliphatic rings. The van der Waals surface area contributed by atoms with Crippen LogP contribution in [0.15, 0.2) is 84.9 Å². The van der Waals surface area contributed by atoms with Crippen molar-refractivity contribution in [1.82, 2.24) is 4.90 Å². The Hall–Kier alpha value is -2.82. The van der Waals surface area contributed by atoms with E-state index in [1.165, 1.54) is 11.1 Å². The lowest BCUT2D eigenvalue weighted by Gasteiger charge is -2.43. The van der Waals surface area contributed by atoms with Crippen LogP contribution in [-0.2, 0) is 4.74 Å². The van der Waals surface area contributed by atoms with Gasteiger partial charge < -0.3 is 4.74 Å². The predicted octanol–water partition coefficient (Wildman–Crippen LogP) is 5.36. The average Bonchev–Trinajstić information content (AvgIpc) is 2.70. The minimum absolute atomic E-state index is 0.123. The summed E-state index contributed by atoms with van der Waals surface area (Å²) in [6.45, 7) is 1.39. The Morgan fingerprint density at radius 2 is 1.43 bits per heavy atom. The van der Waals surface area contributed by atoms with Crippen LogP contribution < -0.4 is 5.32 Å². The summed E-state index contributed by atoms with van der Waals surface area (Å²) < 4.78 is 5.55. The zero-order valence-corrected chi connectivity index (χ0v) is 16.0. The van der Waals surface area contributed by atoms with Crippen molar-refractivity contribution >= 4 is 23.4 Å². The predicted molar refractivity (Wildman–Crippen MR) is 112 cm³/mol. The fraction of sp³-hybridized carbons (Fsp3) is 0.174. The summed E-state index contributed by atoms with van der Waals surface area (Å²) in [6, 6.07) is 27.9. The number of carbonyl (C=O) groups excluding carboxylic acids is 1. The Morgan fingerprint density at radius 1 is 0.893 bits per heavy atom. The van der Waals surface area contributed by atoms with E-state index in [9.17, 15) is 4.79 Å². The zero-order chi connectivity index (χ0) is 19.3. The molecule has 0 aliphatic carbocycles. The maximum absolute atomic E-state index is 12.1. The van der Waals surface area contributed by atoms with E-state index in [-0.39, 0.29) is 12.1 Å². The molecule has 0 spiro atoms. The molecule has 1 N–H and O–H groups in total. The lowest BCUT2D eigenvalue weighted by Crippen LogP contribution is -2.54. The molecule has 3 aromatic rings. The summed E-state index contributed by atoms with van der Waals surface area (Å²) in [4.78, 5) is 14.5. The van der Waals surface area contributed by atoms with Crippen LogP contribution in [0.3, 0.4) is 0 Å². The number of carbonyl (C=O) groups is 1. The van der Waals surface area contributed by atoms with Gasteiger partial charge in [0.2, 0.25) is 0 Å². The van der Waals surface area contributed by atoms with Gasteiger partial charge in [0, 0.05) is 23.8 Å². The first-order valence-electron chi connectivity index (χ1n) is 9.26. The Kier molecular flexibility index (Phi) is 5.60. The highest BCUT2D eigenvalue weighted by Gasteiger charge is 2.36. The standard InChI is InChI=1S/C23H21ClN2O2/c24-19-11-13-20(14-12-19)25-23(27)28-21-15-26(16-21)22(17-7-3-1-4-8-17)18-9-5-2-6-10-18/h1-14,21-22H,15-16H2,(H,25,27). The third-order valence-corrected chi connectivity index (χ3v) is 5.09. The lowest BCUT2D eigenvalue weighted by atomic mass is 9.94. The number of benzene rings is 3. The molecular weight excluding hydrogens is 372 g/mol. The third kappa shape index (κ3) is 4.35. The summed E-state index contributed by atoms with van der Waals surface area (Å²) >= 11 is 5.86. The van der Waals surface area contributed by atoms with E-state index in [0.29, 0.717) is 23.8 Å². The summed E-state index contributed by atoms with van der Waals surface area (Å²) in [6.07, 6.45) is -0.565. The minimum atomic E-state index is -0.442. The van der Waals surface area contributed by atoms with E-state index >= 15 is 0 Å². The SMILES string of the molecule is O=C(Nc1ccc(Cl)cc1)OC1CN(C(c2ccccc2)c2ccccc2)C1. The van der Waals surface area contributed by atoms with Gasteiger partial charge in [-0.25, -0.2) is 4.79 Å². The molecule has 1 heterocycles. The molecule has 1 fully saturated rings. The van der Waals surface area contributed by atoms with Gasteiger partial charge in [0.1, 0.15) is 6.10 Å². The van der Waals surface area contributed by atoms with Crippen LogP contribution in [0.2, 0.25) is 5.02 Å². The Morgan fingerprint density at radius 3 is 1.96 bits per heavy atom. The molecule has 1 amide bonds. The molecule has 3 aromatic carbocycles. The Balaban J connectivity index is 1.38. The molecule has 28 heavy (non-hydrogen) atoms. The number of likely N-dealkylation sites (tertiary alicyclic amines) is 1. The smallest absolute Gasteiger partial charge is 0.411 e. The largest absolute Gasteiger partial charge is 0.443 e. The summed E-state index contributed by atoms with van der Waals surface area (Å²) in [5, 5.41) is 3.36. The maximum atomic E-state index is 12.1. The first kappa shape index (κ1) is 18.5. The molecule has 1 aliphatic heterocycles. The number of halogens is 1. The Bertz CT molecular complexity index is 871. The van der Waals surface area contributed by atoms with Gasteiger partial charge >= 0.3 is 6.09 Å². The second kappa shape index (κ2) is 8.46. The first-order valence-corrected chi connectivity index (χ1v) is 9.64. The van der Waals surface area contributed by atoms with Crippen molar-refractivity contribution in [3.8, 4) is 0 Å². The molecule has 4 nitrogen and oxygen atoms in total. The molecule has 0 saturated carbocycles. The molecule has 0 aromatic heterocycles. The van der Waals surface area contributed by atoms with Gasteiger partial charge in [0.05, 0.1) is 6.04 Å². The van der Waals surface area contributed by atoms with Crippen LogP contribution in [-0.4, -0.2) is 30.2 Å². The van der Waals surface area contributed by atoms with E-state index in [2.05, 4.69) is 58.7 Å². The average molecular weight is 393 g/mol.